The zero-order chi connectivity index (χ0) is 13.4. The third kappa shape index (κ3) is 2.26. The maximum Gasteiger partial charge on any atom is 0.338 e. The van der Waals surface area contributed by atoms with Crippen LogP contribution in [0.4, 0.5) is 0 Å². The van der Waals surface area contributed by atoms with E-state index in [1.165, 1.54) is 6.07 Å². The van der Waals surface area contributed by atoms with Gasteiger partial charge in [0.15, 0.2) is 0 Å². The van der Waals surface area contributed by atoms with E-state index in [1.807, 2.05) is 6.07 Å². The van der Waals surface area contributed by atoms with E-state index in [-0.39, 0.29) is 11.5 Å². The molecule has 0 amide bonds. The van der Waals surface area contributed by atoms with Gasteiger partial charge in [-0.15, -0.1) is 0 Å². The van der Waals surface area contributed by atoms with Gasteiger partial charge in [0.25, 0.3) is 0 Å². The van der Waals surface area contributed by atoms with E-state index in [2.05, 4.69) is 4.98 Å². The molecule has 0 unspecified atom stereocenters. The van der Waals surface area contributed by atoms with Crippen LogP contribution in [0.2, 0.25) is 0 Å². The number of aromatic nitrogens is 1. The molecule has 3 rings (SSSR count). The molecule has 0 saturated heterocycles. The van der Waals surface area contributed by atoms with Gasteiger partial charge in [-0.1, -0.05) is 0 Å². The summed E-state index contributed by atoms with van der Waals surface area (Å²) in [5.74, 6) is 0.146. The van der Waals surface area contributed by atoms with Gasteiger partial charge < -0.3 is 9.72 Å². The van der Waals surface area contributed by atoms with Crippen LogP contribution in [0.3, 0.4) is 0 Å². The van der Waals surface area contributed by atoms with Crippen molar-refractivity contribution in [1.29, 1.82) is 0 Å². The van der Waals surface area contributed by atoms with Crippen molar-refractivity contribution in [3.63, 3.8) is 0 Å². The molecule has 0 atom stereocenters. The molecule has 0 spiro atoms. The van der Waals surface area contributed by atoms with Crippen LogP contribution in [0.25, 0.3) is 10.9 Å². The number of esters is 1. The van der Waals surface area contributed by atoms with Crippen LogP contribution in [0.5, 0.6) is 0 Å². The molecular weight excluding hydrogens is 242 g/mol. The second-order valence-electron chi connectivity index (χ2n) is 4.85. The van der Waals surface area contributed by atoms with Crippen LogP contribution < -0.4 is 5.56 Å². The maximum absolute atomic E-state index is 11.9. The first-order valence-electron chi connectivity index (χ1n) is 6.53. The number of aromatic amines is 1. The van der Waals surface area contributed by atoms with Crippen LogP contribution in [-0.4, -0.2) is 17.6 Å². The van der Waals surface area contributed by atoms with Gasteiger partial charge in [0, 0.05) is 6.07 Å². The normalized spacial score (nSPS) is 14.6. The van der Waals surface area contributed by atoms with Crippen LogP contribution in [0, 0.1) is 0 Å². The Hall–Kier alpha value is -2.10. The van der Waals surface area contributed by atoms with E-state index in [1.54, 1.807) is 19.1 Å². The number of H-pyrrole nitrogens is 1. The van der Waals surface area contributed by atoms with E-state index in [4.69, 9.17) is 4.74 Å². The minimum atomic E-state index is -0.308. The van der Waals surface area contributed by atoms with Crippen LogP contribution in [0.15, 0.2) is 29.1 Å². The zero-order valence-electron chi connectivity index (χ0n) is 10.7. The lowest BCUT2D eigenvalue weighted by atomic mass is 10.0. The van der Waals surface area contributed by atoms with Gasteiger partial charge in [0.05, 0.1) is 17.7 Å². The first kappa shape index (κ1) is 12.0. The Bertz CT molecular complexity index is 698. The van der Waals surface area contributed by atoms with E-state index < -0.39 is 0 Å². The second kappa shape index (κ2) is 4.53. The molecule has 98 valence electrons. The monoisotopic (exact) mass is 257 g/mol. The Morgan fingerprint density at radius 3 is 2.84 bits per heavy atom. The molecule has 4 nitrogen and oxygen atoms in total. The Kier molecular flexibility index (Phi) is 2.85. The lowest BCUT2D eigenvalue weighted by Crippen LogP contribution is -2.08. The fourth-order valence-corrected chi connectivity index (χ4v) is 2.34. The molecule has 1 aliphatic carbocycles. The van der Waals surface area contributed by atoms with Crippen molar-refractivity contribution in [3.8, 4) is 0 Å². The summed E-state index contributed by atoms with van der Waals surface area (Å²) in [6.07, 6.45) is 2.22. The van der Waals surface area contributed by atoms with Crippen LogP contribution in [-0.2, 0) is 4.74 Å². The lowest BCUT2D eigenvalue weighted by Gasteiger charge is -2.08. The molecule has 0 aliphatic heterocycles. The van der Waals surface area contributed by atoms with Gasteiger partial charge in [-0.25, -0.2) is 4.79 Å². The first-order valence-corrected chi connectivity index (χ1v) is 6.53. The molecule has 1 heterocycles. The van der Waals surface area contributed by atoms with E-state index in [0.29, 0.717) is 18.1 Å². The van der Waals surface area contributed by atoms with Gasteiger partial charge in [0.1, 0.15) is 0 Å². The van der Waals surface area contributed by atoms with E-state index in [9.17, 15) is 9.59 Å². The smallest absolute Gasteiger partial charge is 0.338 e. The highest BCUT2D eigenvalue weighted by atomic mass is 16.5. The summed E-state index contributed by atoms with van der Waals surface area (Å²) in [4.78, 5) is 26.2. The molecule has 1 aliphatic rings. The summed E-state index contributed by atoms with van der Waals surface area (Å²) >= 11 is 0. The van der Waals surface area contributed by atoms with Crippen molar-refractivity contribution < 1.29 is 9.53 Å². The number of nitrogens with one attached hydrogen (secondary N) is 1. The molecule has 1 aromatic carbocycles. The highest BCUT2D eigenvalue weighted by Gasteiger charge is 2.27. The highest BCUT2D eigenvalue weighted by molar-refractivity contribution is 5.96. The molecule has 1 fully saturated rings. The molecule has 1 N–H and O–H groups in total. The fourth-order valence-electron chi connectivity index (χ4n) is 2.34. The number of rotatable bonds is 3. The first-order chi connectivity index (χ1) is 9.19. The van der Waals surface area contributed by atoms with Gasteiger partial charge in [0.2, 0.25) is 5.56 Å². The lowest BCUT2D eigenvalue weighted by molar-refractivity contribution is 0.0526. The largest absolute Gasteiger partial charge is 0.462 e. The van der Waals surface area contributed by atoms with Crippen molar-refractivity contribution in [2.24, 2.45) is 0 Å². The van der Waals surface area contributed by atoms with Crippen molar-refractivity contribution in [1.82, 2.24) is 4.98 Å². The number of benzene rings is 1. The zero-order valence-corrected chi connectivity index (χ0v) is 10.7. The van der Waals surface area contributed by atoms with Crippen LogP contribution in [0.1, 0.15) is 41.6 Å². The molecule has 0 radical (unpaired) electrons. The van der Waals surface area contributed by atoms with Gasteiger partial charge >= 0.3 is 5.97 Å². The Morgan fingerprint density at radius 1 is 1.37 bits per heavy atom. The summed E-state index contributed by atoms with van der Waals surface area (Å²) in [6, 6.07) is 6.86. The predicted octanol–water partition coefficient (Wildman–Crippen LogP) is 2.58. The van der Waals surface area contributed by atoms with E-state index >= 15 is 0 Å². The van der Waals surface area contributed by atoms with Gasteiger partial charge in [-0.2, -0.15) is 0 Å². The Balaban J connectivity index is 2.19. The molecular formula is C15H15NO3. The number of carbonyl (C=O) groups is 1. The summed E-state index contributed by atoms with van der Waals surface area (Å²) in [5, 5.41) is 0.882. The standard InChI is InChI=1S/C15H15NO3/c1-2-19-15(18)11-7-10-5-6-13(17)16-14(10)12(8-11)9-3-4-9/h5-9H,2-4H2,1H3,(H,16,17). The molecule has 0 bridgehead atoms. The van der Waals surface area contributed by atoms with Crippen molar-refractivity contribution in [3.05, 3.63) is 45.7 Å². The second-order valence-corrected chi connectivity index (χ2v) is 4.85. The van der Waals surface area contributed by atoms with Crippen molar-refractivity contribution >= 4 is 16.9 Å². The fraction of sp³-hybridized carbons (Fsp3) is 0.333. The third-order valence-corrected chi connectivity index (χ3v) is 3.39. The molecule has 19 heavy (non-hydrogen) atoms. The Labute approximate surface area is 110 Å². The minimum absolute atomic E-state index is 0.113. The summed E-state index contributed by atoms with van der Waals surface area (Å²) in [6.45, 7) is 2.15. The van der Waals surface area contributed by atoms with Crippen molar-refractivity contribution in [2.45, 2.75) is 25.7 Å². The minimum Gasteiger partial charge on any atom is -0.462 e. The molecule has 2 aromatic rings. The highest BCUT2D eigenvalue weighted by Crippen LogP contribution is 2.42. The third-order valence-electron chi connectivity index (χ3n) is 3.39. The quantitative estimate of drug-likeness (QED) is 0.860. The number of hydrogen-bond donors (Lipinski definition) is 1. The van der Waals surface area contributed by atoms with Gasteiger partial charge in [-0.05, 0) is 54.8 Å². The number of carbonyl (C=O) groups excluding carboxylic acids is 1. The molecule has 1 saturated carbocycles. The average Bonchev–Trinajstić information content (AvgIpc) is 3.22. The number of fused-ring (bicyclic) bond motifs is 1. The van der Waals surface area contributed by atoms with Gasteiger partial charge in [-0.3, -0.25) is 4.79 Å². The summed E-state index contributed by atoms with van der Waals surface area (Å²) in [7, 11) is 0. The molecule has 1 aromatic heterocycles. The average molecular weight is 257 g/mol. The molecule has 4 heteroatoms. The topological polar surface area (TPSA) is 59.2 Å². The summed E-state index contributed by atoms with van der Waals surface area (Å²) < 4.78 is 5.04. The number of pyridine rings is 1. The van der Waals surface area contributed by atoms with E-state index in [0.717, 1.165) is 29.3 Å². The number of ether oxygens (including phenoxy) is 1. The number of hydrogen-bond acceptors (Lipinski definition) is 3. The maximum atomic E-state index is 11.9. The SMILES string of the molecule is CCOC(=O)c1cc(C2CC2)c2[nH]c(=O)ccc2c1. The summed E-state index contributed by atoms with van der Waals surface area (Å²) in [5.41, 5.74) is 2.35. The predicted molar refractivity (Wildman–Crippen MR) is 72.5 cm³/mol. The van der Waals surface area contributed by atoms with Crippen molar-refractivity contribution in [2.75, 3.05) is 6.61 Å². The van der Waals surface area contributed by atoms with Crippen LogP contribution >= 0.6 is 0 Å². The Morgan fingerprint density at radius 2 is 2.16 bits per heavy atom.